The minimum absolute atomic E-state index is 0.0139. The molecular weight excluding hydrogens is 447 g/mol. The molecule has 1 saturated carbocycles. The van der Waals surface area contributed by atoms with Gasteiger partial charge in [0.2, 0.25) is 11.8 Å². The minimum Gasteiger partial charge on any atom is -0.381 e. The van der Waals surface area contributed by atoms with Crippen LogP contribution in [0.2, 0.25) is 0 Å². The zero-order chi connectivity index (χ0) is 24.9. The Balaban J connectivity index is 0.00000103. The molecule has 0 aromatic heterocycles. The number of hydrogen-bond donors (Lipinski definition) is 2. The average molecular weight is 484 g/mol. The summed E-state index contributed by atoms with van der Waals surface area (Å²) in [5.41, 5.74) is 5.21. The molecule has 190 valence electrons. The Kier molecular flexibility index (Phi) is 8.98. The van der Waals surface area contributed by atoms with E-state index >= 15 is 0 Å². The number of ether oxygens (including phenoxy) is 1. The Labute approximate surface area is 199 Å². The van der Waals surface area contributed by atoms with Crippen molar-refractivity contribution in [3.05, 3.63) is 34.4 Å². The van der Waals surface area contributed by atoms with E-state index < -0.39 is 17.6 Å². The molecule has 2 amide bonds. The predicted octanol–water partition coefficient (Wildman–Crippen LogP) is 4.04. The highest BCUT2D eigenvalue weighted by atomic mass is 19.4. The van der Waals surface area contributed by atoms with Crippen LogP contribution in [0.1, 0.15) is 79.4 Å². The number of carbonyl (C=O) groups is 2. The summed E-state index contributed by atoms with van der Waals surface area (Å²) in [6.07, 6.45) is 1.38. The van der Waals surface area contributed by atoms with Crippen molar-refractivity contribution < 1.29 is 27.5 Å². The lowest BCUT2D eigenvalue weighted by Crippen LogP contribution is -2.42. The third-order valence-corrected chi connectivity index (χ3v) is 6.71. The Hall–Kier alpha value is -2.13. The fourth-order valence-electron chi connectivity index (χ4n) is 5.08. The lowest BCUT2D eigenvalue weighted by Gasteiger charge is -2.32. The molecule has 0 bridgehead atoms. The third-order valence-electron chi connectivity index (χ3n) is 6.71. The first-order valence-electron chi connectivity index (χ1n) is 12.3. The molecule has 1 aromatic rings. The zero-order valence-electron chi connectivity index (χ0n) is 20.0. The molecule has 6 nitrogen and oxygen atoms in total. The first-order chi connectivity index (χ1) is 16.1. The lowest BCUT2D eigenvalue weighted by molar-refractivity contribution is -0.137. The van der Waals surface area contributed by atoms with Gasteiger partial charge in [0.05, 0.1) is 5.56 Å². The van der Waals surface area contributed by atoms with Gasteiger partial charge in [-0.1, -0.05) is 20.3 Å². The molecule has 0 radical (unpaired) electrons. The van der Waals surface area contributed by atoms with Crippen LogP contribution in [0.15, 0.2) is 12.1 Å². The summed E-state index contributed by atoms with van der Waals surface area (Å²) in [5.74, 6) is -1.01. The van der Waals surface area contributed by atoms with Gasteiger partial charge >= 0.3 is 6.18 Å². The van der Waals surface area contributed by atoms with Gasteiger partial charge in [0, 0.05) is 49.9 Å². The number of fused-ring (bicyclic) bond motifs is 1. The molecule has 3 aliphatic rings. The van der Waals surface area contributed by atoms with E-state index in [9.17, 15) is 22.8 Å². The number of nitrogens with zero attached hydrogens (tertiary/aromatic N) is 1. The van der Waals surface area contributed by atoms with Crippen molar-refractivity contribution in [2.45, 2.75) is 83.6 Å². The molecular formula is C25H36F3N3O3. The van der Waals surface area contributed by atoms with Crippen LogP contribution >= 0.6 is 0 Å². The standard InChI is InChI=1S/C22H28F3N3O3.C3H8/c23-22(24,25)15-9-14-12-28(6-3-18(14)19(11-15)20(26)29)21(30)13-1-2-17(10-13)27-16-4-7-31-8-5-16;1-3-2/h9,11,13,16-17,27H,1-8,10,12H2,(H2,26,29);3H2,1-2H3. The van der Waals surface area contributed by atoms with Crippen LogP contribution in [0.25, 0.3) is 0 Å². The van der Waals surface area contributed by atoms with Crippen molar-refractivity contribution in [1.29, 1.82) is 0 Å². The van der Waals surface area contributed by atoms with Gasteiger partial charge in [0.1, 0.15) is 0 Å². The third kappa shape index (κ3) is 6.50. The highest BCUT2D eigenvalue weighted by molar-refractivity contribution is 5.95. The number of nitrogens with two attached hydrogens (primary N) is 1. The van der Waals surface area contributed by atoms with E-state index in [1.54, 1.807) is 4.90 Å². The molecule has 1 aliphatic carbocycles. The number of carbonyl (C=O) groups excluding carboxylic acids is 2. The summed E-state index contributed by atoms with van der Waals surface area (Å²) in [5, 5.41) is 3.64. The number of rotatable bonds is 4. The number of amides is 2. The second kappa shape index (κ2) is 11.5. The van der Waals surface area contributed by atoms with E-state index in [0.717, 1.165) is 57.5 Å². The maximum atomic E-state index is 13.3. The summed E-state index contributed by atoms with van der Waals surface area (Å²) in [6.45, 7) is 6.22. The quantitative estimate of drug-likeness (QED) is 0.677. The number of hydrogen-bond acceptors (Lipinski definition) is 4. The normalized spacial score (nSPS) is 23.1. The van der Waals surface area contributed by atoms with Crippen LogP contribution in [0, 0.1) is 5.92 Å². The number of nitrogens with one attached hydrogen (secondary N) is 1. The van der Waals surface area contributed by atoms with Crippen LogP contribution in [0.4, 0.5) is 13.2 Å². The maximum Gasteiger partial charge on any atom is 0.416 e. The van der Waals surface area contributed by atoms with E-state index in [1.807, 2.05) is 0 Å². The first kappa shape index (κ1) is 26.5. The molecule has 2 heterocycles. The monoisotopic (exact) mass is 483 g/mol. The lowest BCUT2D eigenvalue weighted by atomic mass is 9.90. The van der Waals surface area contributed by atoms with Gasteiger partial charge in [-0.05, 0) is 61.8 Å². The summed E-state index contributed by atoms with van der Waals surface area (Å²) in [6, 6.07) is 2.57. The van der Waals surface area contributed by atoms with Crippen molar-refractivity contribution >= 4 is 11.8 Å². The molecule has 34 heavy (non-hydrogen) atoms. The second-order valence-corrected chi connectivity index (χ2v) is 9.50. The Morgan fingerprint density at radius 1 is 1.12 bits per heavy atom. The van der Waals surface area contributed by atoms with E-state index in [4.69, 9.17) is 10.5 Å². The number of halogens is 3. The molecule has 2 aliphatic heterocycles. The molecule has 1 aromatic carbocycles. The van der Waals surface area contributed by atoms with E-state index in [2.05, 4.69) is 19.2 Å². The van der Waals surface area contributed by atoms with Gasteiger partial charge in [-0.2, -0.15) is 13.2 Å². The average Bonchev–Trinajstić information content (AvgIpc) is 3.26. The number of primary amides is 1. The summed E-state index contributed by atoms with van der Waals surface area (Å²) >= 11 is 0. The van der Waals surface area contributed by atoms with Crippen molar-refractivity contribution in [3.63, 3.8) is 0 Å². The topological polar surface area (TPSA) is 84.7 Å². The Morgan fingerprint density at radius 3 is 2.41 bits per heavy atom. The summed E-state index contributed by atoms with van der Waals surface area (Å²) in [7, 11) is 0. The summed E-state index contributed by atoms with van der Waals surface area (Å²) in [4.78, 5) is 26.5. The SMILES string of the molecule is CCC.NC(=O)c1cc(C(F)(F)F)cc2c1CCN(C(=O)C1CCC(NC3CCOCC3)C1)C2. The van der Waals surface area contributed by atoms with Crippen LogP contribution in [0.5, 0.6) is 0 Å². The van der Waals surface area contributed by atoms with Crippen molar-refractivity contribution in [1.82, 2.24) is 10.2 Å². The van der Waals surface area contributed by atoms with Gasteiger partial charge in [-0.3, -0.25) is 9.59 Å². The van der Waals surface area contributed by atoms with E-state index in [1.165, 1.54) is 6.42 Å². The maximum absolute atomic E-state index is 13.3. The van der Waals surface area contributed by atoms with Gasteiger partial charge in [-0.25, -0.2) is 0 Å². The van der Waals surface area contributed by atoms with Gasteiger partial charge in [0.25, 0.3) is 0 Å². The van der Waals surface area contributed by atoms with Gasteiger partial charge in [-0.15, -0.1) is 0 Å². The number of alkyl halides is 3. The highest BCUT2D eigenvalue weighted by Gasteiger charge is 2.37. The summed E-state index contributed by atoms with van der Waals surface area (Å²) < 4.78 is 45.3. The zero-order valence-corrected chi connectivity index (χ0v) is 20.0. The second-order valence-electron chi connectivity index (χ2n) is 9.50. The van der Waals surface area contributed by atoms with Crippen LogP contribution in [0.3, 0.4) is 0 Å². The van der Waals surface area contributed by atoms with Crippen LogP contribution in [-0.2, 0) is 28.7 Å². The smallest absolute Gasteiger partial charge is 0.381 e. The fourth-order valence-corrected chi connectivity index (χ4v) is 5.08. The first-order valence-corrected chi connectivity index (χ1v) is 12.3. The van der Waals surface area contributed by atoms with Crippen molar-refractivity contribution in [3.8, 4) is 0 Å². The van der Waals surface area contributed by atoms with Crippen molar-refractivity contribution in [2.75, 3.05) is 19.8 Å². The van der Waals surface area contributed by atoms with Crippen LogP contribution in [-0.4, -0.2) is 48.6 Å². The minimum atomic E-state index is -4.58. The van der Waals surface area contributed by atoms with Gasteiger partial charge < -0.3 is 20.7 Å². The molecule has 1 saturated heterocycles. The van der Waals surface area contributed by atoms with Gasteiger partial charge in [0.15, 0.2) is 0 Å². The Morgan fingerprint density at radius 2 is 1.79 bits per heavy atom. The molecule has 2 unspecified atom stereocenters. The van der Waals surface area contributed by atoms with E-state index in [-0.39, 0.29) is 30.0 Å². The Bertz CT molecular complexity index is 869. The molecule has 4 rings (SSSR count). The molecule has 9 heteroatoms. The van der Waals surface area contributed by atoms with E-state index in [0.29, 0.717) is 30.1 Å². The molecule has 3 N–H and O–H groups in total. The van der Waals surface area contributed by atoms with Crippen molar-refractivity contribution in [2.24, 2.45) is 11.7 Å². The molecule has 2 fully saturated rings. The molecule has 0 spiro atoms. The predicted molar refractivity (Wildman–Crippen MR) is 123 cm³/mol. The number of benzene rings is 1. The fraction of sp³-hybridized carbons (Fsp3) is 0.680. The molecule has 2 atom stereocenters. The highest BCUT2D eigenvalue weighted by Crippen LogP contribution is 2.35. The largest absolute Gasteiger partial charge is 0.416 e. The van der Waals surface area contributed by atoms with Crippen LogP contribution < -0.4 is 11.1 Å².